The molecule has 1 saturated heterocycles. The van der Waals surface area contributed by atoms with Crippen molar-refractivity contribution in [1.82, 2.24) is 0 Å². The second-order valence-corrected chi connectivity index (χ2v) is 6.42. The van der Waals surface area contributed by atoms with E-state index in [9.17, 15) is 5.11 Å². The number of thioether (sulfide) groups is 1. The van der Waals surface area contributed by atoms with Crippen LogP contribution in [0.4, 0.5) is 0 Å². The minimum absolute atomic E-state index is 0.256. The zero-order valence-corrected chi connectivity index (χ0v) is 12.3. The third-order valence-corrected chi connectivity index (χ3v) is 4.86. The molecular weight excluding hydrogens is 300 g/mol. The van der Waals surface area contributed by atoms with Crippen LogP contribution in [0.1, 0.15) is 12.0 Å². The Morgan fingerprint density at radius 3 is 3.06 bits per heavy atom. The molecule has 0 spiro atoms. The van der Waals surface area contributed by atoms with Crippen LogP contribution in [0.2, 0.25) is 0 Å². The first-order chi connectivity index (χ1) is 8.20. The third-order valence-electron chi connectivity index (χ3n) is 3.18. The van der Waals surface area contributed by atoms with E-state index in [2.05, 4.69) is 15.9 Å². The van der Waals surface area contributed by atoms with E-state index >= 15 is 0 Å². The molecule has 1 heterocycles. The van der Waals surface area contributed by atoms with Crippen LogP contribution >= 0.6 is 27.7 Å². The van der Waals surface area contributed by atoms with E-state index in [1.54, 1.807) is 7.11 Å². The second kappa shape index (κ2) is 6.12. The van der Waals surface area contributed by atoms with Gasteiger partial charge in [-0.3, -0.25) is 0 Å². The summed E-state index contributed by atoms with van der Waals surface area (Å²) < 4.78 is 6.36. The molecule has 0 aromatic heterocycles. The summed E-state index contributed by atoms with van der Waals surface area (Å²) in [4.78, 5) is 0. The lowest BCUT2D eigenvalue weighted by Gasteiger charge is -2.18. The van der Waals surface area contributed by atoms with Gasteiger partial charge in [-0.1, -0.05) is 15.9 Å². The van der Waals surface area contributed by atoms with Crippen LogP contribution < -0.4 is 4.74 Å². The number of hydrogen-bond donors (Lipinski definition) is 1. The lowest BCUT2D eigenvalue weighted by atomic mass is 9.95. The van der Waals surface area contributed by atoms with E-state index in [-0.39, 0.29) is 6.10 Å². The van der Waals surface area contributed by atoms with Crippen molar-refractivity contribution < 1.29 is 9.84 Å². The summed E-state index contributed by atoms with van der Waals surface area (Å²) in [6.07, 6.45) is 1.55. The molecule has 0 saturated carbocycles. The minimum Gasteiger partial charge on any atom is -0.496 e. The molecule has 4 heteroatoms. The molecule has 1 aliphatic heterocycles. The maximum absolute atomic E-state index is 10.2. The van der Waals surface area contributed by atoms with E-state index in [1.807, 2.05) is 30.0 Å². The Balaban J connectivity index is 2.08. The fourth-order valence-corrected chi connectivity index (χ4v) is 3.89. The molecule has 0 aliphatic carbocycles. The van der Waals surface area contributed by atoms with Crippen LogP contribution in [0, 0.1) is 5.92 Å². The minimum atomic E-state index is -0.256. The van der Waals surface area contributed by atoms with Gasteiger partial charge in [-0.15, -0.1) is 0 Å². The Morgan fingerprint density at radius 2 is 2.41 bits per heavy atom. The van der Waals surface area contributed by atoms with Gasteiger partial charge >= 0.3 is 0 Å². The van der Waals surface area contributed by atoms with Crippen molar-refractivity contribution in [2.45, 2.75) is 18.9 Å². The maximum atomic E-state index is 10.2. The number of benzene rings is 1. The van der Waals surface area contributed by atoms with E-state index in [4.69, 9.17) is 4.74 Å². The van der Waals surface area contributed by atoms with Gasteiger partial charge in [-0.2, -0.15) is 11.8 Å². The molecule has 2 unspecified atom stereocenters. The standard InChI is InChI=1S/C13H17BrO2S/c1-16-13-3-2-11(14)6-10(13)7-12(15)9-4-5-17-8-9/h2-3,6,9,12,15H,4-5,7-8H2,1H3. The van der Waals surface area contributed by atoms with Gasteiger partial charge in [-0.05, 0) is 47.6 Å². The summed E-state index contributed by atoms with van der Waals surface area (Å²) >= 11 is 5.39. The van der Waals surface area contributed by atoms with Crippen molar-refractivity contribution in [1.29, 1.82) is 0 Å². The van der Waals surface area contributed by atoms with E-state index in [0.29, 0.717) is 12.3 Å². The quantitative estimate of drug-likeness (QED) is 0.925. The molecule has 94 valence electrons. The summed E-state index contributed by atoms with van der Waals surface area (Å²) in [5, 5.41) is 10.2. The lowest BCUT2D eigenvalue weighted by molar-refractivity contribution is 0.119. The fourth-order valence-electron chi connectivity index (χ4n) is 2.15. The van der Waals surface area contributed by atoms with Gasteiger partial charge in [0.2, 0.25) is 0 Å². The first-order valence-electron chi connectivity index (χ1n) is 5.79. The number of aliphatic hydroxyl groups is 1. The molecule has 0 bridgehead atoms. The highest BCUT2D eigenvalue weighted by molar-refractivity contribution is 9.10. The number of halogens is 1. The zero-order valence-electron chi connectivity index (χ0n) is 9.86. The molecular formula is C13H17BrO2S. The average molecular weight is 317 g/mol. The van der Waals surface area contributed by atoms with Gasteiger partial charge in [0.05, 0.1) is 13.2 Å². The SMILES string of the molecule is COc1ccc(Br)cc1CC(O)C1CCSC1. The molecule has 1 aliphatic rings. The molecule has 1 aromatic carbocycles. The van der Waals surface area contributed by atoms with Gasteiger partial charge in [0, 0.05) is 10.9 Å². The predicted molar refractivity (Wildman–Crippen MR) is 75.8 cm³/mol. The Kier molecular flexibility index (Phi) is 4.77. The Morgan fingerprint density at radius 1 is 1.59 bits per heavy atom. The van der Waals surface area contributed by atoms with Crippen molar-refractivity contribution in [2.24, 2.45) is 5.92 Å². The molecule has 2 rings (SSSR count). The third kappa shape index (κ3) is 3.39. The summed E-state index contributed by atoms with van der Waals surface area (Å²) in [6.45, 7) is 0. The van der Waals surface area contributed by atoms with Crippen molar-refractivity contribution in [3.8, 4) is 5.75 Å². The summed E-state index contributed by atoms with van der Waals surface area (Å²) in [5.41, 5.74) is 1.08. The molecule has 17 heavy (non-hydrogen) atoms. The van der Waals surface area contributed by atoms with Gasteiger partial charge in [0.25, 0.3) is 0 Å². The van der Waals surface area contributed by atoms with Crippen LogP contribution in [-0.4, -0.2) is 29.8 Å². The topological polar surface area (TPSA) is 29.5 Å². The summed E-state index contributed by atoms with van der Waals surface area (Å²) in [7, 11) is 1.67. The number of methoxy groups -OCH3 is 1. The average Bonchev–Trinajstić information content (AvgIpc) is 2.83. The second-order valence-electron chi connectivity index (χ2n) is 4.35. The highest BCUT2D eigenvalue weighted by atomic mass is 79.9. The number of rotatable bonds is 4. The molecule has 2 atom stereocenters. The molecule has 0 radical (unpaired) electrons. The molecule has 0 amide bonds. The van der Waals surface area contributed by atoms with Crippen molar-refractivity contribution in [3.63, 3.8) is 0 Å². The first kappa shape index (κ1) is 13.2. The van der Waals surface area contributed by atoms with Crippen LogP contribution in [0.15, 0.2) is 22.7 Å². The fraction of sp³-hybridized carbons (Fsp3) is 0.538. The van der Waals surface area contributed by atoms with Crippen molar-refractivity contribution in [3.05, 3.63) is 28.2 Å². The Labute approximate surface area is 115 Å². The number of ether oxygens (including phenoxy) is 1. The van der Waals surface area contributed by atoms with Crippen LogP contribution in [-0.2, 0) is 6.42 Å². The number of hydrogen-bond acceptors (Lipinski definition) is 3. The largest absolute Gasteiger partial charge is 0.496 e. The van der Waals surface area contributed by atoms with Gasteiger partial charge in [0.15, 0.2) is 0 Å². The normalized spacial score (nSPS) is 21.5. The van der Waals surface area contributed by atoms with E-state index in [0.717, 1.165) is 28.0 Å². The van der Waals surface area contributed by atoms with Gasteiger partial charge < -0.3 is 9.84 Å². The van der Waals surface area contributed by atoms with Crippen LogP contribution in [0.5, 0.6) is 5.75 Å². The van der Waals surface area contributed by atoms with Gasteiger partial charge in [0.1, 0.15) is 5.75 Å². The first-order valence-corrected chi connectivity index (χ1v) is 7.73. The van der Waals surface area contributed by atoms with Gasteiger partial charge in [-0.25, -0.2) is 0 Å². The van der Waals surface area contributed by atoms with Crippen LogP contribution in [0.3, 0.4) is 0 Å². The highest BCUT2D eigenvalue weighted by Gasteiger charge is 2.24. The predicted octanol–water partition coefficient (Wildman–Crippen LogP) is 3.11. The molecule has 2 nitrogen and oxygen atoms in total. The summed E-state index contributed by atoms with van der Waals surface area (Å²) in [5.74, 6) is 3.55. The molecule has 1 fully saturated rings. The van der Waals surface area contributed by atoms with E-state index in [1.165, 1.54) is 5.75 Å². The highest BCUT2D eigenvalue weighted by Crippen LogP contribution is 2.30. The Bertz CT molecular complexity index is 378. The lowest BCUT2D eigenvalue weighted by Crippen LogP contribution is -2.22. The van der Waals surface area contributed by atoms with Crippen LogP contribution in [0.25, 0.3) is 0 Å². The molecule has 1 aromatic rings. The van der Waals surface area contributed by atoms with Crippen molar-refractivity contribution in [2.75, 3.05) is 18.6 Å². The van der Waals surface area contributed by atoms with E-state index < -0.39 is 0 Å². The summed E-state index contributed by atoms with van der Waals surface area (Å²) in [6, 6.07) is 5.93. The monoisotopic (exact) mass is 316 g/mol. The smallest absolute Gasteiger partial charge is 0.122 e. The Hall–Kier alpha value is -0.190. The number of aliphatic hydroxyl groups excluding tert-OH is 1. The zero-order chi connectivity index (χ0) is 12.3. The maximum Gasteiger partial charge on any atom is 0.122 e. The molecule has 1 N–H and O–H groups in total. The van der Waals surface area contributed by atoms with Crippen molar-refractivity contribution >= 4 is 27.7 Å².